The van der Waals surface area contributed by atoms with Crippen LogP contribution in [0.5, 0.6) is 5.75 Å². The Bertz CT molecular complexity index is 401. The molecule has 0 atom stereocenters. The van der Waals surface area contributed by atoms with Crippen molar-refractivity contribution >= 4 is 5.78 Å². The average molecular weight is 248 g/mol. The van der Waals surface area contributed by atoms with Crippen LogP contribution in [0.2, 0.25) is 0 Å². The van der Waals surface area contributed by atoms with Crippen LogP contribution >= 0.6 is 0 Å². The van der Waals surface area contributed by atoms with Crippen molar-refractivity contribution in [3.8, 4) is 5.75 Å². The molecule has 0 aliphatic carbocycles. The molecule has 1 aliphatic heterocycles. The highest BCUT2D eigenvalue weighted by molar-refractivity contribution is 6.00. The molecule has 1 aromatic rings. The predicted octanol–water partition coefficient (Wildman–Crippen LogP) is 1.17. The van der Waals surface area contributed by atoms with Gasteiger partial charge in [-0.25, -0.2) is 0 Å². The summed E-state index contributed by atoms with van der Waals surface area (Å²) in [4.78, 5) is 14.4. The zero-order valence-electron chi connectivity index (χ0n) is 10.8. The first kappa shape index (κ1) is 13.1. The highest BCUT2D eigenvalue weighted by Gasteiger charge is 2.17. The lowest BCUT2D eigenvalue weighted by Crippen LogP contribution is -2.45. The van der Waals surface area contributed by atoms with Gasteiger partial charge in [-0.3, -0.25) is 9.69 Å². The first-order valence-corrected chi connectivity index (χ1v) is 6.49. The van der Waals surface area contributed by atoms with E-state index in [-0.39, 0.29) is 5.78 Å². The summed E-state index contributed by atoms with van der Waals surface area (Å²) in [5, 5.41) is 3.28. The quantitative estimate of drug-likeness (QED) is 0.794. The van der Waals surface area contributed by atoms with Gasteiger partial charge in [-0.2, -0.15) is 0 Å². The first-order valence-electron chi connectivity index (χ1n) is 6.49. The number of ketones is 1. The summed E-state index contributed by atoms with van der Waals surface area (Å²) in [5.74, 6) is 0.834. The summed E-state index contributed by atoms with van der Waals surface area (Å²) >= 11 is 0. The fourth-order valence-corrected chi connectivity index (χ4v) is 2.14. The van der Waals surface area contributed by atoms with Gasteiger partial charge < -0.3 is 10.1 Å². The predicted molar refractivity (Wildman–Crippen MR) is 71.3 cm³/mol. The minimum Gasteiger partial charge on any atom is -0.493 e. The number of hydrogen-bond donors (Lipinski definition) is 1. The Hall–Kier alpha value is -1.39. The van der Waals surface area contributed by atoms with Crippen LogP contribution in [0.4, 0.5) is 0 Å². The number of nitrogens with one attached hydrogen (secondary N) is 1. The maximum Gasteiger partial charge on any atom is 0.180 e. The van der Waals surface area contributed by atoms with E-state index in [4.69, 9.17) is 4.74 Å². The Morgan fingerprint density at radius 1 is 1.33 bits per heavy atom. The van der Waals surface area contributed by atoms with Crippen molar-refractivity contribution in [2.24, 2.45) is 0 Å². The minimum atomic E-state index is 0.140. The molecule has 0 amide bonds. The van der Waals surface area contributed by atoms with Gasteiger partial charge in [-0.15, -0.1) is 0 Å². The third-order valence-electron chi connectivity index (χ3n) is 3.06. The molecule has 1 N–H and O–H groups in total. The Balaban J connectivity index is 2.03. The second kappa shape index (κ2) is 6.52. The molecule has 2 rings (SSSR count). The molecular formula is C14H20N2O2. The van der Waals surface area contributed by atoms with E-state index < -0.39 is 0 Å². The molecule has 4 heteroatoms. The molecule has 1 aliphatic rings. The van der Waals surface area contributed by atoms with Gasteiger partial charge in [0.25, 0.3) is 0 Å². The van der Waals surface area contributed by atoms with Crippen molar-refractivity contribution in [2.45, 2.75) is 6.92 Å². The molecule has 1 heterocycles. The summed E-state index contributed by atoms with van der Waals surface area (Å²) in [7, 11) is 0. The second-order valence-electron chi connectivity index (χ2n) is 4.38. The van der Waals surface area contributed by atoms with Gasteiger partial charge in [-0.05, 0) is 19.1 Å². The molecule has 98 valence electrons. The van der Waals surface area contributed by atoms with Gasteiger partial charge in [0.2, 0.25) is 0 Å². The largest absolute Gasteiger partial charge is 0.493 e. The van der Waals surface area contributed by atoms with Crippen LogP contribution in [0, 0.1) is 0 Å². The fraction of sp³-hybridized carbons (Fsp3) is 0.500. The zero-order chi connectivity index (χ0) is 12.8. The van der Waals surface area contributed by atoms with E-state index in [1.165, 1.54) is 0 Å². The third-order valence-corrected chi connectivity index (χ3v) is 3.06. The van der Waals surface area contributed by atoms with E-state index >= 15 is 0 Å². The molecule has 0 unspecified atom stereocenters. The first-order chi connectivity index (χ1) is 8.81. The molecule has 0 spiro atoms. The Morgan fingerprint density at radius 3 is 2.78 bits per heavy atom. The van der Waals surface area contributed by atoms with Crippen molar-refractivity contribution < 1.29 is 9.53 Å². The van der Waals surface area contributed by atoms with Gasteiger partial charge >= 0.3 is 0 Å². The Morgan fingerprint density at radius 2 is 2.06 bits per heavy atom. The van der Waals surface area contributed by atoms with E-state index in [2.05, 4.69) is 10.2 Å². The number of carbonyl (C=O) groups is 1. The summed E-state index contributed by atoms with van der Waals surface area (Å²) < 4.78 is 5.50. The monoisotopic (exact) mass is 248 g/mol. The maximum atomic E-state index is 12.3. The highest BCUT2D eigenvalue weighted by Crippen LogP contribution is 2.18. The molecule has 18 heavy (non-hydrogen) atoms. The van der Waals surface area contributed by atoms with E-state index in [0.717, 1.165) is 26.2 Å². The van der Waals surface area contributed by atoms with E-state index in [9.17, 15) is 4.79 Å². The molecular weight excluding hydrogens is 228 g/mol. The van der Waals surface area contributed by atoms with Crippen LogP contribution in [0.1, 0.15) is 17.3 Å². The number of nitrogens with zero attached hydrogens (tertiary/aromatic N) is 1. The SMILES string of the molecule is CCOc1ccccc1C(=O)CN1CCNCC1. The Kier molecular flexibility index (Phi) is 4.73. The van der Waals surface area contributed by atoms with Crippen molar-refractivity contribution in [3.05, 3.63) is 29.8 Å². The smallest absolute Gasteiger partial charge is 0.180 e. The lowest BCUT2D eigenvalue weighted by molar-refractivity contribution is 0.0918. The molecule has 1 saturated heterocycles. The summed E-state index contributed by atoms with van der Waals surface area (Å²) in [6.07, 6.45) is 0. The van der Waals surface area contributed by atoms with Gasteiger partial charge in [-0.1, -0.05) is 12.1 Å². The number of para-hydroxylation sites is 1. The number of carbonyl (C=O) groups excluding carboxylic acids is 1. The summed E-state index contributed by atoms with van der Waals surface area (Å²) in [5.41, 5.74) is 0.692. The zero-order valence-corrected chi connectivity index (χ0v) is 10.8. The van der Waals surface area contributed by atoms with Crippen LogP contribution in [0.15, 0.2) is 24.3 Å². The maximum absolute atomic E-state index is 12.3. The van der Waals surface area contributed by atoms with Gasteiger partial charge in [0, 0.05) is 26.2 Å². The number of Topliss-reactive ketones (excluding diaryl/α,β-unsaturated/α-hetero) is 1. The van der Waals surface area contributed by atoms with Crippen LogP contribution in [-0.4, -0.2) is 50.0 Å². The number of hydrogen-bond acceptors (Lipinski definition) is 4. The van der Waals surface area contributed by atoms with Crippen molar-refractivity contribution in [3.63, 3.8) is 0 Å². The molecule has 0 bridgehead atoms. The molecule has 0 saturated carbocycles. The topological polar surface area (TPSA) is 41.6 Å². The average Bonchev–Trinajstić information content (AvgIpc) is 2.41. The summed E-state index contributed by atoms with van der Waals surface area (Å²) in [6.45, 7) is 6.77. The van der Waals surface area contributed by atoms with E-state index in [1.54, 1.807) is 0 Å². The standard InChI is InChI=1S/C14H20N2O2/c1-2-18-14-6-4-3-5-12(14)13(17)11-16-9-7-15-8-10-16/h3-6,15H,2,7-11H2,1H3. The number of ether oxygens (including phenoxy) is 1. The van der Waals surface area contributed by atoms with Crippen molar-refractivity contribution in [1.82, 2.24) is 10.2 Å². The molecule has 1 fully saturated rings. The van der Waals surface area contributed by atoms with Gasteiger partial charge in [0.1, 0.15) is 5.75 Å². The highest BCUT2D eigenvalue weighted by atomic mass is 16.5. The molecule has 0 aromatic heterocycles. The van der Waals surface area contributed by atoms with Crippen molar-refractivity contribution in [1.29, 1.82) is 0 Å². The molecule has 4 nitrogen and oxygen atoms in total. The van der Waals surface area contributed by atoms with Crippen molar-refractivity contribution in [2.75, 3.05) is 39.3 Å². The van der Waals surface area contributed by atoms with Crippen LogP contribution in [0.3, 0.4) is 0 Å². The van der Waals surface area contributed by atoms with E-state index in [0.29, 0.717) is 24.5 Å². The third kappa shape index (κ3) is 3.31. The normalized spacial score (nSPS) is 16.5. The fourth-order valence-electron chi connectivity index (χ4n) is 2.14. The lowest BCUT2D eigenvalue weighted by atomic mass is 10.1. The van der Waals surface area contributed by atoms with Crippen LogP contribution in [0.25, 0.3) is 0 Å². The molecule has 1 aromatic carbocycles. The van der Waals surface area contributed by atoms with Gasteiger partial charge in [0.15, 0.2) is 5.78 Å². The number of rotatable bonds is 5. The molecule has 0 radical (unpaired) electrons. The Labute approximate surface area is 108 Å². The number of piperazine rings is 1. The van der Waals surface area contributed by atoms with Crippen LogP contribution < -0.4 is 10.1 Å². The number of benzene rings is 1. The van der Waals surface area contributed by atoms with E-state index in [1.807, 2.05) is 31.2 Å². The van der Waals surface area contributed by atoms with Crippen LogP contribution in [-0.2, 0) is 0 Å². The second-order valence-corrected chi connectivity index (χ2v) is 4.38. The summed E-state index contributed by atoms with van der Waals surface area (Å²) in [6, 6.07) is 7.48. The lowest BCUT2D eigenvalue weighted by Gasteiger charge is -2.26. The van der Waals surface area contributed by atoms with Gasteiger partial charge in [0.05, 0.1) is 18.7 Å². The minimum absolute atomic E-state index is 0.140.